The number of nitrogens with zero attached hydrogens (tertiary/aromatic N) is 3. The zero-order valence-electron chi connectivity index (χ0n) is 13.6. The summed E-state index contributed by atoms with van der Waals surface area (Å²) < 4.78 is 10.1. The van der Waals surface area contributed by atoms with Gasteiger partial charge in [-0.05, 0) is 6.07 Å². The summed E-state index contributed by atoms with van der Waals surface area (Å²) in [6.07, 6.45) is 1.33. The van der Waals surface area contributed by atoms with Crippen molar-refractivity contribution in [1.29, 1.82) is 0 Å². The van der Waals surface area contributed by atoms with Gasteiger partial charge in [0.15, 0.2) is 0 Å². The second-order valence-electron chi connectivity index (χ2n) is 4.93. The summed E-state index contributed by atoms with van der Waals surface area (Å²) in [6, 6.07) is 5.72. The Kier molecular flexibility index (Phi) is 6.11. The number of methoxy groups -OCH3 is 1. The maximum atomic E-state index is 12.2. The fraction of sp³-hybridized carbons (Fsp3) is 0.200. The first-order chi connectivity index (χ1) is 12.4. The van der Waals surface area contributed by atoms with Gasteiger partial charge in [-0.25, -0.2) is 4.98 Å². The molecule has 1 amide bonds. The van der Waals surface area contributed by atoms with Crippen molar-refractivity contribution in [2.45, 2.75) is 0 Å². The van der Waals surface area contributed by atoms with Gasteiger partial charge < -0.3 is 14.8 Å². The van der Waals surface area contributed by atoms with Crippen LogP contribution in [-0.2, 0) is 4.74 Å². The number of carbonyl (C=O) groups excluding carboxylic acids is 1. The van der Waals surface area contributed by atoms with Gasteiger partial charge in [0.2, 0.25) is 5.88 Å². The molecule has 0 saturated carbocycles. The third-order valence-corrected chi connectivity index (χ3v) is 3.12. The standard InChI is InChI=1S/C15H14N4O7/c1-25-4-5-26-14-3-2-11(9-16-14)17-15(20)10-6-12(18(21)22)8-13(7-10)19(23)24/h2-3,6-9H,4-5H2,1H3,(H,17,20). The Labute approximate surface area is 146 Å². The van der Waals surface area contributed by atoms with Crippen molar-refractivity contribution in [3.05, 3.63) is 62.3 Å². The first kappa shape index (κ1) is 18.7. The van der Waals surface area contributed by atoms with E-state index < -0.39 is 27.1 Å². The van der Waals surface area contributed by atoms with Gasteiger partial charge in [0.1, 0.15) is 6.61 Å². The predicted octanol–water partition coefficient (Wildman–Crippen LogP) is 2.18. The Balaban J connectivity index is 2.14. The number of nitro benzene ring substituents is 2. The fourth-order valence-corrected chi connectivity index (χ4v) is 1.91. The number of hydrogen-bond acceptors (Lipinski definition) is 8. The van der Waals surface area contributed by atoms with Crippen LogP contribution >= 0.6 is 0 Å². The highest BCUT2D eigenvalue weighted by molar-refractivity contribution is 6.05. The molecule has 136 valence electrons. The summed E-state index contributed by atoms with van der Waals surface area (Å²) in [5.74, 6) is -0.419. The van der Waals surface area contributed by atoms with E-state index in [-0.39, 0.29) is 5.56 Å². The number of hydrogen-bond donors (Lipinski definition) is 1. The van der Waals surface area contributed by atoms with E-state index in [0.717, 1.165) is 18.2 Å². The van der Waals surface area contributed by atoms with Crippen LogP contribution in [0.15, 0.2) is 36.5 Å². The molecule has 1 N–H and O–H groups in total. The molecule has 1 aromatic carbocycles. The molecule has 1 heterocycles. The SMILES string of the molecule is COCCOc1ccc(NC(=O)c2cc([N+](=O)[O-])cc([N+](=O)[O-])c2)cn1. The third-order valence-electron chi connectivity index (χ3n) is 3.12. The molecular formula is C15H14N4O7. The number of nitrogens with one attached hydrogen (secondary N) is 1. The molecule has 26 heavy (non-hydrogen) atoms. The second kappa shape index (κ2) is 8.48. The van der Waals surface area contributed by atoms with Crippen LogP contribution < -0.4 is 10.1 Å². The smallest absolute Gasteiger partial charge is 0.277 e. The number of ether oxygens (including phenoxy) is 2. The highest BCUT2D eigenvalue weighted by atomic mass is 16.6. The summed E-state index contributed by atoms with van der Waals surface area (Å²) in [5, 5.41) is 24.2. The lowest BCUT2D eigenvalue weighted by Gasteiger charge is -2.07. The van der Waals surface area contributed by atoms with Gasteiger partial charge >= 0.3 is 0 Å². The normalized spacial score (nSPS) is 10.2. The number of anilines is 1. The zero-order valence-corrected chi connectivity index (χ0v) is 13.6. The molecule has 0 spiro atoms. The number of rotatable bonds is 8. The molecule has 0 saturated heterocycles. The maximum Gasteiger partial charge on any atom is 0.277 e. The van der Waals surface area contributed by atoms with Crippen LogP contribution in [0.4, 0.5) is 17.1 Å². The number of aromatic nitrogens is 1. The summed E-state index contributed by atoms with van der Waals surface area (Å²) in [6.45, 7) is 0.707. The summed E-state index contributed by atoms with van der Waals surface area (Å²) in [7, 11) is 1.54. The fourth-order valence-electron chi connectivity index (χ4n) is 1.91. The molecule has 0 atom stereocenters. The second-order valence-corrected chi connectivity index (χ2v) is 4.93. The van der Waals surface area contributed by atoms with Crippen LogP contribution in [0.5, 0.6) is 5.88 Å². The summed E-state index contributed by atoms with van der Waals surface area (Å²) in [4.78, 5) is 36.3. The van der Waals surface area contributed by atoms with Gasteiger partial charge in [-0.15, -0.1) is 0 Å². The predicted molar refractivity (Wildman–Crippen MR) is 89.3 cm³/mol. The lowest BCUT2D eigenvalue weighted by molar-refractivity contribution is -0.394. The molecule has 0 radical (unpaired) electrons. The van der Waals surface area contributed by atoms with E-state index in [0.29, 0.717) is 24.8 Å². The summed E-state index contributed by atoms with van der Waals surface area (Å²) >= 11 is 0. The molecule has 2 aromatic rings. The van der Waals surface area contributed by atoms with Gasteiger partial charge in [-0.2, -0.15) is 0 Å². The van der Waals surface area contributed by atoms with Crippen LogP contribution in [0.3, 0.4) is 0 Å². The third kappa shape index (κ3) is 4.95. The van der Waals surface area contributed by atoms with Crippen molar-refractivity contribution in [2.24, 2.45) is 0 Å². The number of carbonyl (C=O) groups is 1. The monoisotopic (exact) mass is 362 g/mol. The maximum absolute atomic E-state index is 12.2. The first-order valence-electron chi connectivity index (χ1n) is 7.23. The molecule has 0 aliphatic rings. The van der Waals surface area contributed by atoms with Crippen molar-refractivity contribution in [3.8, 4) is 5.88 Å². The number of benzene rings is 1. The molecular weight excluding hydrogens is 348 g/mol. The van der Waals surface area contributed by atoms with Crippen LogP contribution in [-0.4, -0.2) is 41.1 Å². The minimum Gasteiger partial charge on any atom is -0.475 e. The minimum absolute atomic E-state index is 0.216. The van der Waals surface area contributed by atoms with Crippen molar-refractivity contribution < 1.29 is 24.1 Å². The average molecular weight is 362 g/mol. The van der Waals surface area contributed by atoms with Gasteiger partial charge in [-0.1, -0.05) is 0 Å². The molecule has 1 aromatic heterocycles. The molecule has 0 unspecified atom stereocenters. The van der Waals surface area contributed by atoms with E-state index in [1.807, 2.05) is 0 Å². The molecule has 0 aliphatic carbocycles. The van der Waals surface area contributed by atoms with Crippen molar-refractivity contribution >= 4 is 23.0 Å². The quantitative estimate of drug-likeness (QED) is 0.427. The number of nitro groups is 2. The molecule has 0 bridgehead atoms. The Morgan fingerprint density at radius 3 is 2.27 bits per heavy atom. The van der Waals surface area contributed by atoms with E-state index in [1.165, 1.54) is 25.4 Å². The van der Waals surface area contributed by atoms with Crippen LogP contribution in [0.25, 0.3) is 0 Å². The van der Waals surface area contributed by atoms with E-state index in [2.05, 4.69) is 10.3 Å². The van der Waals surface area contributed by atoms with E-state index >= 15 is 0 Å². The number of amides is 1. The van der Waals surface area contributed by atoms with Gasteiger partial charge in [0, 0.05) is 25.3 Å². The van der Waals surface area contributed by atoms with Gasteiger partial charge in [-0.3, -0.25) is 25.0 Å². The molecule has 0 aliphatic heterocycles. The Hall–Kier alpha value is -3.60. The molecule has 11 nitrogen and oxygen atoms in total. The number of non-ortho nitro benzene ring substituents is 2. The minimum atomic E-state index is -0.808. The average Bonchev–Trinajstić information content (AvgIpc) is 2.62. The van der Waals surface area contributed by atoms with Gasteiger partial charge in [0.05, 0.1) is 40.0 Å². The summed E-state index contributed by atoms with van der Waals surface area (Å²) in [5.41, 5.74) is -1.02. The van der Waals surface area contributed by atoms with E-state index in [4.69, 9.17) is 9.47 Å². The lowest BCUT2D eigenvalue weighted by Crippen LogP contribution is -2.13. The van der Waals surface area contributed by atoms with E-state index in [1.54, 1.807) is 0 Å². The van der Waals surface area contributed by atoms with Crippen molar-refractivity contribution in [2.75, 3.05) is 25.6 Å². The Bertz CT molecular complexity index is 791. The topological polar surface area (TPSA) is 147 Å². The van der Waals surface area contributed by atoms with Crippen LogP contribution in [0.1, 0.15) is 10.4 Å². The van der Waals surface area contributed by atoms with Gasteiger partial charge in [0.25, 0.3) is 17.3 Å². The molecule has 0 fully saturated rings. The van der Waals surface area contributed by atoms with Crippen molar-refractivity contribution in [1.82, 2.24) is 4.98 Å². The highest BCUT2D eigenvalue weighted by Crippen LogP contribution is 2.23. The van der Waals surface area contributed by atoms with Crippen LogP contribution in [0, 0.1) is 20.2 Å². The number of pyridine rings is 1. The first-order valence-corrected chi connectivity index (χ1v) is 7.23. The van der Waals surface area contributed by atoms with Crippen molar-refractivity contribution in [3.63, 3.8) is 0 Å². The largest absolute Gasteiger partial charge is 0.475 e. The van der Waals surface area contributed by atoms with E-state index in [9.17, 15) is 25.0 Å². The molecule has 11 heteroatoms. The Morgan fingerprint density at radius 2 is 1.77 bits per heavy atom. The lowest BCUT2D eigenvalue weighted by atomic mass is 10.1. The Morgan fingerprint density at radius 1 is 1.12 bits per heavy atom. The molecule has 2 rings (SSSR count). The zero-order chi connectivity index (χ0) is 19.1. The highest BCUT2D eigenvalue weighted by Gasteiger charge is 2.20. The van der Waals surface area contributed by atoms with Crippen LogP contribution in [0.2, 0.25) is 0 Å².